The van der Waals surface area contributed by atoms with E-state index >= 15 is 0 Å². The summed E-state index contributed by atoms with van der Waals surface area (Å²) >= 11 is 0. The van der Waals surface area contributed by atoms with Crippen LogP contribution in [0, 0.1) is 11.6 Å². The van der Waals surface area contributed by atoms with Crippen LogP contribution in [0.15, 0.2) is 54.6 Å². The Morgan fingerprint density at radius 2 is 1.57 bits per heavy atom. The lowest BCUT2D eigenvalue weighted by molar-refractivity contribution is 0.0697. The highest BCUT2D eigenvalue weighted by Gasteiger charge is 2.08. The third kappa shape index (κ3) is 2.48. The number of aromatic carboxylic acids is 1. The summed E-state index contributed by atoms with van der Waals surface area (Å²) in [5.74, 6) is -2.01. The van der Waals surface area contributed by atoms with E-state index in [-0.39, 0.29) is 11.1 Å². The van der Waals surface area contributed by atoms with E-state index in [9.17, 15) is 13.6 Å². The van der Waals surface area contributed by atoms with Gasteiger partial charge in [-0.1, -0.05) is 18.2 Å². The van der Waals surface area contributed by atoms with Crippen molar-refractivity contribution < 1.29 is 18.7 Å². The van der Waals surface area contributed by atoms with E-state index in [1.807, 2.05) is 0 Å². The van der Waals surface area contributed by atoms with Crippen molar-refractivity contribution in [1.82, 2.24) is 0 Å². The summed E-state index contributed by atoms with van der Waals surface area (Å²) < 4.78 is 27.0. The molecular weight excluding hydrogens is 274 g/mol. The normalized spacial score (nSPS) is 10.8. The minimum atomic E-state index is -1.00. The average Bonchev–Trinajstić information content (AvgIpc) is 2.48. The van der Waals surface area contributed by atoms with Crippen LogP contribution in [0.4, 0.5) is 8.78 Å². The Balaban J connectivity index is 2.15. The van der Waals surface area contributed by atoms with Gasteiger partial charge in [-0.15, -0.1) is 0 Å². The van der Waals surface area contributed by atoms with Gasteiger partial charge in [0.05, 0.1) is 5.56 Å². The van der Waals surface area contributed by atoms with Crippen molar-refractivity contribution in [1.29, 1.82) is 0 Å². The van der Waals surface area contributed by atoms with Crippen molar-refractivity contribution >= 4 is 16.7 Å². The highest BCUT2D eigenvalue weighted by molar-refractivity contribution is 5.95. The second kappa shape index (κ2) is 4.98. The van der Waals surface area contributed by atoms with Crippen molar-refractivity contribution in [3.63, 3.8) is 0 Å². The first-order chi connectivity index (χ1) is 10.0. The smallest absolute Gasteiger partial charge is 0.335 e. The molecule has 3 rings (SSSR count). The third-order valence-electron chi connectivity index (χ3n) is 3.33. The largest absolute Gasteiger partial charge is 0.478 e. The van der Waals surface area contributed by atoms with E-state index in [4.69, 9.17) is 5.11 Å². The van der Waals surface area contributed by atoms with Crippen LogP contribution in [0.5, 0.6) is 0 Å². The van der Waals surface area contributed by atoms with Gasteiger partial charge >= 0.3 is 5.97 Å². The zero-order valence-corrected chi connectivity index (χ0v) is 10.8. The summed E-state index contributed by atoms with van der Waals surface area (Å²) in [5.41, 5.74) is 0.911. The van der Waals surface area contributed by atoms with Crippen molar-refractivity contribution in [2.75, 3.05) is 0 Å². The first-order valence-electron chi connectivity index (χ1n) is 6.27. The first-order valence-corrected chi connectivity index (χ1v) is 6.27. The SMILES string of the molecule is O=C(O)c1ccc2cc(-c3cc(F)ccc3F)ccc2c1. The quantitative estimate of drug-likeness (QED) is 0.753. The molecule has 21 heavy (non-hydrogen) atoms. The first kappa shape index (κ1) is 13.2. The van der Waals surface area contributed by atoms with Crippen LogP contribution in [0.25, 0.3) is 21.9 Å². The van der Waals surface area contributed by atoms with Gasteiger partial charge in [-0.3, -0.25) is 0 Å². The summed E-state index contributed by atoms with van der Waals surface area (Å²) in [6, 6.07) is 13.0. The number of benzene rings is 3. The fourth-order valence-electron chi connectivity index (χ4n) is 2.27. The maximum atomic E-state index is 13.8. The second-order valence-electron chi connectivity index (χ2n) is 4.71. The highest BCUT2D eigenvalue weighted by Crippen LogP contribution is 2.27. The Hall–Kier alpha value is -2.75. The lowest BCUT2D eigenvalue weighted by atomic mass is 9.99. The number of fused-ring (bicyclic) bond motifs is 1. The van der Waals surface area contributed by atoms with E-state index in [1.165, 1.54) is 6.07 Å². The average molecular weight is 284 g/mol. The Kier molecular flexibility index (Phi) is 3.14. The number of rotatable bonds is 2. The molecule has 4 heteroatoms. The Bertz CT molecular complexity index is 857. The molecule has 0 aliphatic rings. The van der Waals surface area contributed by atoms with Gasteiger partial charge in [0.2, 0.25) is 0 Å². The fourth-order valence-corrected chi connectivity index (χ4v) is 2.27. The molecule has 0 saturated carbocycles. The molecule has 0 aromatic heterocycles. The molecule has 0 aliphatic carbocycles. The molecule has 0 spiro atoms. The maximum Gasteiger partial charge on any atom is 0.335 e. The number of carboxylic acids is 1. The minimum absolute atomic E-state index is 0.180. The lowest BCUT2D eigenvalue weighted by Gasteiger charge is -2.06. The van der Waals surface area contributed by atoms with Gasteiger partial charge in [0, 0.05) is 5.56 Å². The number of halogens is 2. The van der Waals surface area contributed by atoms with Gasteiger partial charge in [0.15, 0.2) is 0 Å². The van der Waals surface area contributed by atoms with E-state index in [2.05, 4.69) is 0 Å². The number of carboxylic acid groups (broad SMARTS) is 1. The summed E-state index contributed by atoms with van der Waals surface area (Å²) in [6.45, 7) is 0. The molecule has 0 saturated heterocycles. The van der Waals surface area contributed by atoms with E-state index in [0.29, 0.717) is 5.56 Å². The van der Waals surface area contributed by atoms with E-state index in [1.54, 1.807) is 30.3 Å². The summed E-state index contributed by atoms with van der Waals surface area (Å²) in [7, 11) is 0. The summed E-state index contributed by atoms with van der Waals surface area (Å²) in [5, 5.41) is 10.4. The van der Waals surface area contributed by atoms with Crippen LogP contribution in [-0.4, -0.2) is 11.1 Å². The van der Waals surface area contributed by atoms with Crippen LogP contribution in [0.3, 0.4) is 0 Å². The van der Waals surface area contributed by atoms with Crippen molar-refractivity contribution in [2.24, 2.45) is 0 Å². The van der Waals surface area contributed by atoms with Crippen LogP contribution in [0.1, 0.15) is 10.4 Å². The molecule has 0 radical (unpaired) electrons. The Morgan fingerprint density at radius 1 is 0.857 bits per heavy atom. The van der Waals surface area contributed by atoms with Gasteiger partial charge in [-0.2, -0.15) is 0 Å². The fraction of sp³-hybridized carbons (Fsp3) is 0. The molecule has 104 valence electrons. The second-order valence-corrected chi connectivity index (χ2v) is 4.71. The molecule has 0 bridgehead atoms. The monoisotopic (exact) mass is 284 g/mol. The standard InChI is InChI=1S/C17H10F2O2/c18-14-5-6-16(19)15(9-14)12-3-1-11-8-13(17(20)21)4-2-10(11)7-12/h1-9H,(H,20,21). The topological polar surface area (TPSA) is 37.3 Å². The molecule has 0 unspecified atom stereocenters. The zero-order chi connectivity index (χ0) is 15.0. The molecule has 3 aromatic carbocycles. The highest BCUT2D eigenvalue weighted by atomic mass is 19.1. The zero-order valence-electron chi connectivity index (χ0n) is 10.8. The Morgan fingerprint density at radius 3 is 2.33 bits per heavy atom. The molecule has 1 N–H and O–H groups in total. The number of hydrogen-bond donors (Lipinski definition) is 1. The van der Waals surface area contributed by atoms with Crippen LogP contribution < -0.4 is 0 Å². The summed E-state index contributed by atoms with van der Waals surface area (Å²) in [6.07, 6.45) is 0. The molecule has 0 fully saturated rings. The third-order valence-corrected chi connectivity index (χ3v) is 3.33. The summed E-state index contributed by atoms with van der Waals surface area (Å²) in [4.78, 5) is 10.9. The molecule has 0 heterocycles. The van der Waals surface area contributed by atoms with Gasteiger partial charge in [0.1, 0.15) is 11.6 Å². The molecule has 0 atom stereocenters. The lowest BCUT2D eigenvalue weighted by Crippen LogP contribution is -1.95. The van der Waals surface area contributed by atoms with Gasteiger partial charge in [0.25, 0.3) is 0 Å². The number of hydrogen-bond acceptors (Lipinski definition) is 1. The van der Waals surface area contributed by atoms with E-state index < -0.39 is 17.6 Å². The molecule has 2 nitrogen and oxygen atoms in total. The number of carbonyl (C=O) groups is 1. The van der Waals surface area contributed by atoms with Gasteiger partial charge < -0.3 is 5.11 Å². The van der Waals surface area contributed by atoms with Crippen LogP contribution >= 0.6 is 0 Å². The maximum absolute atomic E-state index is 13.8. The predicted octanol–water partition coefficient (Wildman–Crippen LogP) is 4.48. The minimum Gasteiger partial charge on any atom is -0.478 e. The van der Waals surface area contributed by atoms with Crippen molar-refractivity contribution in [2.45, 2.75) is 0 Å². The molecule has 0 amide bonds. The predicted molar refractivity (Wildman–Crippen MR) is 76.3 cm³/mol. The van der Waals surface area contributed by atoms with Gasteiger partial charge in [-0.25, -0.2) is 13.6 Å². The van der Waals surface area contributed by atoms with Crippen LogP contribution in [0.2, 0.25) is 0 Å². The Labute approximate surface area is 119 Å². The van der Waals surface area contributed by atoms with Crippen LogP contribution in [-0.2, 0) is 0 Å². The van der Waals surface area contributed by atoms with E-state index in [0.717, 1.165) is 29.0 Å². The molecular formula is C17H10F2O2. The van der Waals surface area contributed by atoms with Crippen molar-refractivity contribution in [3.8, 4) is 11.1 Å². The van der Waals surface area contributed by atoms with Gasteiger partial charge in [-0.05, 0) is 52.7 Å². The van der Waals surface area contributed by atoms with Crippen molar-refractivity contribution in [3.05, 3.63) is 71.8 Å². The molecule has 0 aliphatic heterocycles. The molecule has 3 aromatic rings.